The van der Waals surface area contributed by atoms with E-state index in [1.54, 1.807) is 0 Å². The number of phosphoric acid groups is 1. The molecule has 0 fully saturated rings. The molecular formula is C65H117NO8P+. The predicted octanol–water partition coefficient (Wildman–Crippen LogP) is 19.4. The molecule has 75 heavy (non-hydrogen) atoms. The molecule has 0 saturated heterocycles. The Morgan fingerprint density at radius 3 is 1.13 bits per heavy atom. The molecule has 0 aromatic heterocycles. The standard InChI is InChI=1S/C65H116NO8P/c1-6-8-10-12-14-16-18-20-21-22-23-24-25-26-27-28-29-30-31-32-33-34-35-36-37-38-39-40-41-42-43-44-45-46-48-50-52-54-56-58-65(68)74-63(62-73-75(69,70)72-60-59-66(3,4)5)61-71-64(67)57-55-53-51-49-47-19-17-15-13-11-9-7-2/h8,10,14,16,20-21,23-24,26-27,29-30,32-33,63H,6-7,9,11-13,15,17-19,22,25,28,31,34-62H2,1-5H3/p+1/b10-8-,16-14-,21-20-,24-23-,27-26-,30-29-,33-32-. The fraction of sp³-hybridized carbons (Fsp3) is 0.754. The van der Waals surface area contributed by atoms with Crippen molar-refractivity contribution in [2.24, 2.45) is 0 Å². The van der Waals surface area contributed by atoms with Gasteiger partial charge < -0.3 is 18.9 Å². The van der Waals surface area contributed by atoms with E-state index in [4.69, 9.17) is 18.5 Å². The summed E-state index contributed by atoms with van der Waals surface area (Å²) in [5, 5.41) is 0. The van der Waals surface area contributed by atoms with Crippen molar-refractivity contribution in [2.45, 2.75) is 270 Å². The van der Waals surface area contributed by atoms with Crippen LogP contribution >= 0.6 is 7.82 Å². The average molecular weight is 1070 g/mol. The second-order valence-corrected chi connectivity index (χ2v) is 23.2. The van der Waals surface area contributed by atoms with Gasteiger partial charge in [-0.05, 0) is 70.6 Å². The van der Waals surface area contributed by atoms with E-state index in [0.717, 1.165) is 77.0 Å². The van der Waals surface area contributed by atoms with E-state index in [1.807, 2.05) is 21.1 Å². The number of rotatable bonds is 56. The molecule has 1 N–H and O–H groups in total. The highest BCUT2D eigenvalue weighted by Gasteiger charge is 2.27. The molecule has 2 unspecified atom stereocenters. The zero-order valence-electron chi connectivity index (χ0n) is 49.3. The van der Waals surface area contributed by atoms with Gasteiger partial charge in [-0.15, -0.1) is 0 Å². The molecule has 2 atom stereocenters. The van der Waals surface area contributed by atoms with Crippen LogP contribution in [0, 0.1) is 0 Å². The van der Waals surface area contributed by atoms with E-state index < -0.39 is 26.5 Å². The number of unbranched alkanes of at least 4 members (excludes halogenated alkanes) is 28. The Bertz CT molecular complexity index is 1540. The third kappa shape index (κ3) is 60.3. The lowest BCUT2D eigenvalue weighted by Crippen LogP contribution is -2.37. The van der Waals surface area contributed by atoms with Crippen LogP contribution in [0.15, 0.2) is 85.1 Å². The first-order valence-corrected chi connectivity index (χ1v) is 32.3. The van der Waals surface area contributed by atoms with E-state index in [-0.39, 0.29) is 25.6 Å². The van der Waals surface area contributed by atoms with Gasteiger partial charge in [0.25, 0.3) is 0 Å². The van der Waals surface area contributed by atoms with Gasteiger partial charge in [-0.25, -0.2) is 4.57 Å². The Kier molecular flexibility index (Phi) is 53.8. The monoisotopic (exact) mass is 1070 g/mol. The minimum atomic E-state index is -4.38. The number of hydrogen-bond acceptors (Lipinski definition) is 7. The van der Waals surface area contributed by atoms with Gasteiger partial charge in [0.05, 0.1) is 27.7 Å². The van der Waals surface area contributed by atoms with Crippen LogP contribution in [0.5, 0.6) is 0 Å². The Hall–Kier alpha value is -2.81. The Morgan fingerprint density at radius 1 is 0.427 bits per heavy atom. The van der Waals surface area contributed by atoms with Gasteiger partial charge in [-0.3, -0.25) is 18.6 Å². The zero-order chi connectivity index (χ0) is 54.9. The maximum atomic E-state index is 12.8. The molecule has 0 spiro atoms. The van der Waals surface area contributed by atoms with Crippen LogP contribution < -0.4 is 0 Å². The maximum Gasteiger partial charge on any atom is 0.472 e. The van der Waals surface area contributed by atoms with Crippen molar-refractivity contribution in [1.29, 1.82) is 0 Å². The smallest absolute Gasteiger partial charge is 0.462 e. The summed E-state index contributed by atoms with van der Waals surface area (Å²) in [6.07, 6.45) is 75.3. The number of carbonyl (C=O) groups excluding carboxylic acids is 2. The van der Waals surface area contributed by atoms with E-state index in [1.165, 1.54) is 154 Å². The largest absolute Gasteiger partial charge is 0.472 e. The minimum Gasteiger partial charge on any atom is -0.462 e. The van der Waals surface area contributed by atoms with Gasteiger partial charge in [0.2, 0.25) is 0 Å². The molecule has 9 nitrogen and oxygen atoms in total. The van der Waals surface area contributed by atoms with E-state index >= 15 is 0 Å². The van der Waals surface area contributed by atoms with Crippen molar-refractivity contribution in [3.63, 3.8) is 0 Å². The number of esters is 2. The van der Waals surface area contributed by atoms with Crippen molar-refractivity contribution in [1.82, 2.24) is 0 Å². The molecule has 0 saturated carbocycles. The van der Waals surface area contributed by atoms with Crippen LogP contribution in [-0.2, 0) is 32.7 Å². The molecule has 0 aromatic rings. The lowest BCUT2D eigenvalue weighted by Gasteiger charge is -2.24. The van der Waals surface area contributed by atoms with Gasteiger partial charge in [0.15, 0.2) is 6.10 Å². The predicted molar refractivity (Wildman–Crippen MR) is 321 cm³/mol. The summed E-state index contributed by atoms with van der Waals surface area (Å²) >= 11 is 0. The molecule has 10 heteroatoms. The summed E-state index contributed by atoms with van der Waals surface area (Å²) in [7, 11) is 1.48. The number of allylic oxidation sites excluding steroid dienone is 14. The average Bonchev–Trinajstić information content (AvgIpc) is 3.37. The van der Waals surface area contributed by atoms with Gasteiger partial charge in [0.1, 0.15) is 19.8 Å². The molecule has 0 bridgehead atoms. The van der Waals surface area contributed by atoms with Crippen molar-refractivity contribution in [3.05, 3.63) is 85.1 Å². The number of nitrogens with zero attached hydrogens (tertiary/aromatic N) is 1. The van der Waals surface area contributed by atoms with Crippen molar-refractivity contribution < 1.29 is 42.1 Å². The molecule has 434 valence electrons. The molecule has 0 aliphatic rings. The fourth-order valence-electron chi connectivity index (χ4n) is 8.47. The summed E-state index contributed by atoms with van der Waals surface area (Å²) in [6.45, 7) is 4.33. The summed E-state index contributed by atoms with van der Waals surface area (Å²) in [6, 6.07) is 0. The van der Waals surface area contributed by atoms with Crippen molar-refractivity contribution >= 4 is 19.8 Å². The summed E-state index contributed by atoms with van der Waals surface area (Å²) in [4.78, 5) is 35.6. The normalized spacial score (nSPS) is 13.8. The number of phosphoric ester groups is 1. The molecule has 0 heterocycles. The van der Waals surface area contributed by atoms with Crippen LogP contribution in [0.2, 0.25) is 0 Å². The van der Waals surface area contributed by atoms with Crippen LogP contribution in [0.1, 0.15) is 264 Å². The SMILES string of the molecule is CC/C=C\C/C=C\C/C=C\C/C=C\C/C=C\C/C=C\C/C=C\CCCCCCCCCCCCCCCCCCCC(=O)OC(COC(=O)CCCCCCCCCCCCCC)COP(=O)(O)OCC[N+](C)(C)C. The number of hydrogen-bond donors (Lipinski definition) is 1. The number of likely N-dealkylation sites (N-methyl/N-ethyl adjacent to an activating group) is 1. The Morgan fingerprint density at radius 2 is 0.760 bits per heavy atom. The van der Waals surface area contributed by atoms with Crippen LogP contribution in [-0.4, -0.2) is 74.9 Å². The highest BCUT2D eigenvalue weighted by Crippen LogP contribution is 2.43. The first kappa shape index (κ1) is 72.2. The van der Waals surface area contributed by atoms with Crippen molar-refractivity contribution in [2.75, 3.05) is 47.5 Å². The lowest BCUT2D eigenvalue weighted by atomic mass is 10.0. The minimum absolute atomic E-state index is 0.0319. The summed E-state index contributed by atoms with van der Waals surface area (Å²) < 4.78 is 34.5. The summed E-state index contributed by atoms with van der Waals surface area (Å²) in [5.41, 5.74) is 0. The van der Waals surface area contributed by atoms with Crippen LogP contribution in [0.3, 0.4) is 0 Å². The second kappa shape index (κ2) is 55.9. The maximum absolute atomic E-state index is 12.8. The highest BCUT2D eigenvalue weighted by atomic mass is 31.2. The fourth-order valence-corrected chi connectivity index (χ4v) is 9.21. The van der Waals surface area contributed by atoms with Crippen molar-refractivity contribution in [3.8, 4) is 0 Å². The number of ether oxygens (including phenoxy) is 2. The third-order valence-electron chi connectivity index (χ3n) is 13.2. The number of quaternary nitrogens is 1. The zero-order valence-corrected chi connectivity index (χ0v) is 50.2. The molecule has 0 rings (SSSR count). The second-order valence-electron chi connectivity index (χ2n) is 21.7. The van der Waals surface area contributed by atoms with E-state index in [2.05, 4.69) is 98.9 Å². The first-order valence-electron chi connectivity index (χ1n) is 30.8. The molecule has 0 aliphatic carbocycles. The molecule has 0 amide bonds. The quantitative estimate of drug-likeness (QED) is 0.0211. The Balaban J connectivity index is 3.95. The lowest BCUT2D eigenvalue weighted by molar-refractivity contribution is -0.870. The molecular weight excluding hydrogens is 954 g/mol. The van der Waals surface area contributed by atoms with Gasteiger partial charge in [-0.2, -0.15) is 0 Å². The summed E-state index contributed by atoms with van der Waals surface area (Å²) in [5.74, 6) is -0.790. The van der Waals surface area contributed by atoms with E-state index in [9.17, 15) is 19.0 Å². The van der Waals surface area contributed by atoms with Crippen LogP contribution in [0.25, 0.3) is 0 Å². The van der Waals surface area contributed by atoms with Gasteiger partial charge in [-0.1, -0.05) is 266 Å². The Labute approximate surface area is 462 Å². The van der Waals surface area contributed by atoms with Gasteiger partial charge in [0, 0.05) is 12.8 Å². The third-order valence-corrected chi connectivity index (χ3v) is 14.2. The molecule has 0 radical (unpaired) electrons. The topological polar surface area (TPSA) is 108 Å². The molecule has 0 aromatic carbocycles. The first-order chi connectivity index (χ1) is 36.5. The highest BCUT2D eigenvalue weighted by molar-refractivity contribution is 7.47. The molecule has 0 aliphatic heterocycles. The van der Waals surface area contributed by atoms with E-state index in [0.29, 0.717) is 23.9 Å². The number of carbonyl (C=O) groups is 2. The van der Waals surface area contributed by atoms with Crippen LogP contribution in [0.4, 0.5) is 0 Å². The van der Waals surface area contributed by atoms with Gasteiger partial charge >= 0.3 is 19.8 Å².